The predicted molar refractivity (Wildman–Crippen MR) is 78.6 cm³/mol. The summed E-state index contributed by atoms with van der Waals surface area (Å²) in [7, 11) is 1.35. The van der Waals surface area contributed by atoms with Gasteiger partial charge < -0.3 is 5.32 Å². The molecule has 0 aliphatic carbocycles. The van der Waals surface area contributed by atoms with Crippen LogP contribution in [0.2, 0.25) is 0 Å². The Bertz CT molecular complexity index is 655. The molecule has 0 fully saturated rings. The lowest BCUT2D eigenvalue weighted by atomic mass is 9.95. The number of aryl methyl sites for hydroxylation is 1. The molecule has 116 valence electrons. The molecule has 0 radical (unpaired) electrons. The summed E-state index contributed by atoms with van der Waals surface area (Å²) >= 11 is 0. The number of hydrogen-bond donors (Lipinski definition) is 1. The summed E-state index contributed by atoms with van der Waals surface area (Å²) in [6, 6.07) is 9.07. The van der Waals surface area contributed by atoms with Gasteiger partial charge in [0.2, 0.25) is 5.91 Å². The molecule has 1 aromatic carbocycles. The lowest BCUT2D eigenvalue weighted by Gasteiger charge is -2.15. The summed E-state index contributed by atoms with van der Waals surface area (Å²) in [6.07, 6.45) is -0.771. The van der Waals surface area contributed by atoms with E-state index in [1.807, 2.05) is 18.2 Å². The van der Waals surface area contributed by atoms with Crippen molar-refractivity contribution < 1.29 is 13.6 Å². The monoisotopic (exact) mass is 306 g/mol. The maximum absolute atomic E-state index is 13.0. The van der Waals surface area contributed by atoms with Crippen LogP contribution in [0, 0.1) is 0 Å². The molecule has 22 heavy (non-hydrogen) atoms. The maximum Gasteiger partial charge on any atom is 0.283 e. The van der Waals surface area contributed by atoms with E-state index in [0.717, 1.165) is 10.2 Å². The first-order valence-corrected chi connectivity index (χ1v) is 6.69. The van der Waals surface area contributed by atoms with Crippen LogP contribution >= 0.6 is 0 Å². The fourth-order valence-electron chi connectivity index (χ4n) is 2.15. The number of carbonyl (C=O) groups is 1. The Labute approximate surface area is 126 Å². The van der Waals surface area contributed by atoms with Crippen LogP contribution in [0.1, 0.15) is 30.0 Å². The lowest BCUT2D eigenvalue weighted by molar-refractivity contribution is -0.117. The molecule has 0 saturated heterocycles. The van der Waals surface area contributed by atoms with Gasteiger partial charge in [0.15, 0.2) is 5.82 Å². The molecule has 5 nitrogen and oxygen atoms in total. The topological polar surface area (TPSA) is 59.8 Å². The molecule has 2 rings (SSSR count). The van der Waals surface area contributed by atoms with Crippen LogP contribution in [-0.4, -0.2) is 20.9 Å². The second-order valence-corrected chi connectivity index (χ2v) is 4.72. The van der Waals surface area contributed by atoms with Gasteiger partial charge in [0, 0.05) is 7.05 Å². The van der Waals surface area contributed by atoms with E-state index in [0.29, 0.717) is 6.42 Å². The molecular weight excluding hydrogens is 290 g/mol. The van der Waals surface area contributed by atoms with Gasteiger partial charge in [0.25, 0.3) is 6.43 Å². The van der Waals surface area contributed by atoms with E-state index in [1.54, 1.807) is 18.2 Å². The summed E-state index contributed by atoms with van der Waals surface area (Å²) in [5.74, 6) is -1.16. The van der Waals surface area contributed by atoms with Crippen LogP contribution in [-0.2, 0) is 11.8 Å². The molecule has 2 aromatic rings. The molecule has 0 bridgehead atoms. The van der Waals surface area contributed by atoms with E-state index >= 15 is 0 Å². The van der Waals surface area contributed by atoms with Gasteiger partial charge >= 0.3 is 0 Å². The molecule has 0 aliphatic rings. The van der Waals surface area contributed by atoms with E-state index in [9.17, 15) is 13.6 Å². The Morgan fingerprint density at radius 2 is 2.09 bits per heavy atom. The second-order valence-electron chi connectivity index (χ2n) is 4.72. The van der Waals surface area contributed by atoms with Gasteiger partial charge in [-0.15, -0.1) is 11.7 Å². The number of amides is 1. The number of allylic oxidation sites excluding steroid dienone is 1. The van der Waals surface area contributed by atoms with Crippen molar-refractivity contribution in [1.29, 1.82) is 0 Å². The fourth-order valence-corrected chi connectivity index (χ4v) is 2.15. The molecule has 7 heteroatoms. The number of benzene rings is 1. The van der Waals surface area contributed by atoms with Gasteiger partial charge in [-0.2, -0.15) is 0 Å². The summed E-state index contributed by atoms with van der Waals surface area (Å²) in [4.78, 5) is 12.4. The summed E-state index contributed by atoms with van der Waals surface area (Å²) < 4.78 is 26.9. The first-order valence-electron chi connectivity index (χ1n) is 6.69. The number of alkyl halides is 2. The quantitative estimate of drug-likeness (QED) is 0.834. The smallest absolute Gasteiger partial charge is 0.283 e. The molecular formula is C15H16F2N4O. The number of hydrogen-bond acceptors (Lipinski definition) is 3. The van der Waals surface area contributed by atoms with Crippen molar-refractivity contribution in [3.05, 3.63) is 54.2 Å². The first kappa shape index (κ1) is 15.8. The summed E-state index contributed by atoms with van der Waals surface area (Å²) in [5.41, 5.74) is 0.362. The van der Waals surface area contributed by atoms with Crippen LogP contribution in [0.4, 0.5) is 14.6 Å². The first-order chi connectivity index (χ1) is 10.5. The second kappa shape index (κ2) is 6.93. The third-order valence-corrected chi connectivity index (χ3v) is 3.24. The highest BCUT2D eigenvalue weighted by Crippen LogP contribution is 2.27. The number of carbonyl (C=O) groups excluding carboxylic acids is 1. The van der Waals surface area contributed by atoms with Crippen molar-refractivity contribution in [2.75, 3.05) is 5.32 Å². The summed E-state index contributed by atoms with van der Waals surface area (Å²) in [6.45, 7) is 3.63. The zero-order valence-electron chi connectivity index (χ0n) is 12.0. The van der Waals surface area contributed by atoms with Crippen LogP contribution < -0.4 is 5.32 Å². The van der Waals surface area contributed by atoms with E-state index in [4.69, 9.17) is 0 Å². The van der Waals surface area contributed by atoms with Crippen molar-refractivity contribution >= 4 is 11.7 Å². The Kier molecular flexibility index (Phi) is 4.98. The minimum atomic E-state index is -2.77. The van der Waals surface area contributed by atoms with Gasteiger partial charge in [-0.3, -0.25) is 4.79 Å². The Balaban J connectivity index is 2.24. The molecule has 1 amide bonds. The number of aromatic nitrogens is 3. The number of halogens is 2. The van der Waals surface area contributed by atoms with Crippen LogP contribution in [0.25, 0.3) is 0 Å². The van der Waals surface area contributed by atoms with E-state index < -0.39 is 23.9 Å². The van der Waals surface area contributed by atoms with E-state index in [-0.39, 0.29) is 5.82 Å². The van der Waals surface area contributed by atoms with Crippen LogP contribution in [0.15, 0.2) is 43.0 Å². The Morgan fingerprint density at radius 1 is 1.41 bits per heavy atom. The molecule has 1 heterocycles. The zero-order chi connectivity index (χ0) is 16.1. The minimum absolute atomic E-state index is 0.215. The number of nitrogens with zero attached hydrogens (tertiary/aromatic N) is 3. The van der Waals surface area contributed by atoms with Crippen molar-refractivity contribution in [3.8, 4) is 0 Å². The van der Waals surface area contributed by atoms with Gasteiger partial charge in [-0.05, 0) is 12.0 Å². The maximum atomic E-state index is 13.0. The van der Waals surface area contributed by atoms with Gasteiger partial charge in [-0.25, -0.2) is 13.5 Å². The lowest BCUT2D eigenvalue weighted by Crippen LogP contribution is -2.22. The number of nitrogens with one attached hydrogen (secondary N) is 1. The highest BCUT2D eigenvalue weighted by molar-refractivity contribution is 5.95. The summed E-state index contributed by atoms with van der Waals surface area (Å²) in [5, 5.41) is 9.54. The van der Waals surface area contributed by atoms with Crippen LogP contribution in [0.3, 0.4) is 0 Å². The third-order valence-electron chi connectivity index (χ3n) is 3.24. The standard InChI is InChI=1S/C15H16F2N4O/c1-3-7-11(10-8-5-4-6-9-10)15(22)18-14-12(13(16)17)21(2)20-19-14/h3-6,8-9,11,13H,1,7H2,2H3,(H,18,22). The molecule has 1 atom stereocenters. The largest absolute Gasteiger partial charge is 0.307 e. The highest BCUT2D eigenvalue weighted by atomic mass is 19.3. The molecule has 1 aromatic heterocycles. The van der Waals surface area contributed by atoms with Crippen molar-refractivity contribution in [3.63, 3.8) is 0 Å². The van der Waals surface area contributed by atoms with Gasteiger partial charge in [-0.1, -0.05) is 41.6 Å². The highest BCUT2D eigenvalue weighted by Gasteiger charge is 2.25. The number of anilines is 1. The van der Waals surface area contributed by atoms with Gasteiger partial charge in [0.05, 0.1) is 5.92 Å². The zero-order valence-corrected chi connectivity index (χ0v) is 12.0. The molecule has 0 saturated carbocycles. The molecule has 1 N–H and O–H groups in total. The van der Waals surface area contributed by atoms with E-state index in [1.165, 1.54) is 7.05 Å². The Morgan fingerprint density at radius 3 is 2.68 bits per heavy atom. The van der Waals surface area contributed by atoms with Crippen molar-refractivity contribution in [1.82, 2.24) is 15.0 Å². The van der Waals surface area contributed by atoms with Crippen LogP contribution in [0.5, 0.6) is 0 Å². The average Bonchev–Trinajstić information content (AvgIpc) is 2.86. The predicted octanol–water partition coefficient (Wildman–Crippen LogP) is 3.05. The Hall–Kier alpha value is -2.57. The normalized spacial score (nSPS) is 12.2. The van der Waals surface area contributed by atoms with Crippen molar-refractivity contribution in [2.24, 2.45) is 7.05 Å². The SMILES string of the molecule is C=CCC(C(=O)Nc1nnn(C)c1C(F)F)c1ccccc1. The number of rotatable bonds is 6. The third kappa shape index (κ3) is 3.36. The molecule has 1 unspecified atom stereocenters. The van der Waals surface area contributed by atoms with Gasteiger partial charge in [0.1, 0.15) is 5.69 Å². The molecule has 0 spiro atoms. The average molecular weight is 306 g/mol. The van der Waals surface area contributed by atoms with E-state index in [2.05, 4.69) is 22.2 Å². The fraction of sp³-hybridized carbons (Fsp3) is 0.267. The minimum Gasteiger partial charge on any atom is -0.307 e. The molecule has 0 aliphatic heterocycles. The van der Waals surface area contributed by atoms with Crippen molar-refractivity contribution in [2.45, 2.75) is 18.8 Å².